The zero-order valence-electron chi connectivity index (χ0n) is 9.68. The first-order valence-electron chi connectivity index (χ1n) is 5.12. The summed E-state index contributed by atoms with van der Waals surface area (Å²) in [7, 11) is 1.48. The second kappa shape index (κ2) is 5.67. The van der Waals surface area contributed by atoms with E-state index < -0.39 is 11.8 Å². The minimum Gasteiger partial charge on any atom is -0.496 e. The Morgan fingerprint density at radius 1 is 1.29 bits per heavy atom. The summed E-state index contributed by atoms with van der Waals surface area (Å²) in [5.74, 6) is -1.40. The molecule has 0 heterocycles. The van der Waals surface area contributed by atoms with Crippen LogP contribution in [-0.4, -0.2) is 12.9 Å². The van der Waals surface area contributed by atoms with E-state index in [-0.39, 0.29) is 5.78 Å². The van der Waals surface area contributed by atoms with E-state index in [9.17, 15) is 4.79 Å². The number of carbonyl (C=O) groups is 1. The van der Waals surface area contributed by atoms with Crippen LogP contribution in [0.15, 0.2) is 24.3 Å². The van der Waals surface area contributed by atoms with Gasteiger partial charge in [0, 0.05) is 5.92 Å². The number of ketones is 1. The van der Waals surface area contributed by atoms with Crippen LogP contribution in [-0.2, 0) is 0 Å². The molecule has 0 aliphatic carbocycles. The van der Waals surface area contributed by atoms with Gasteiger partial charge in [-0.3, -0.25) is 4.79 Å². The first kappa shape index (κ1) is 12.7. The predicted octanol–water partition coefficient (Wildman–Crippen LogP) is 2.18. The number of methoxy groups -OCH3 is 1. The molecule has 4 nitrogen and oxygen atoms in total. The molecule has 0 N–H and O–H groups in total. The Balaban J connectivity index is 3.06. The monoisotopic (exact) mass is 228 g/mol. The molecule has 0 saturated carbocycles. The highest BCUT2D eigenvalue weighted by molar-refractivity contribution is 6.00. The molecule has 1 unspecified atom stereocenters. The molecular formula is C13H12N2O2. The van der Waals surface area contributed by atoms with Crippen LogP contribution in [0.25, 0.3) is 0 Å². The summed E-state index contributed by atoms with van der Waals surface area (Å²) in [6.45, 7) is 1.58. The molecule has 0 aliphatic heterocycles. The fraction of sp³-hybridized carbons (Fsp3) is 0.308. The maximum Gasteiger partial charge on any atom is 0.171 e. The summed E-state index contributed by atoms with van der Waals surface area (Å²) in [5, 5.41) is 17.5. The molecule has 86 valence electrons. The third kappa shape index (κ3) is 2.62. The van der Waals surface area contributed by atoms with Gasteiger partial charge in [-0.15, -0.1) is 0 Å². The minimum atomic E-state index is -0.938. The number of hydrogen-bond acceptors (Lipinski definition) is 4. The molecule has 0 spiro atoms. The zero-order valence-corrected chi connectivity index (χ0v) is 9.68. The van der Waals surface area contributed by atoms with Crippen molar-refractivity contribution in [2.75, 3.05) is 7.11 Å². The van der Waals surface area contributed by atoms with E-state index in [1.165, 1.54) is 7.11 Å². The van der Waals surface area contributed by atoms with Crippen molar-refractivity contribution >= 4 is 5.78 Å². The van der Waals surface area contributed by atoms with Crippen LogP contribution in [0.5, 0.6) is 5.75 Å². The van der Waals surface area contributed by atoms with Gasteiger partial charge in [-0.25, -0.2) is 0 Å². The van der Waals surface area contributed by atoms with Crippen LogP contribution < -0.4 is 4.74 Å². The topological polar surface area (TPSA) is 73.9 Å². The quantitative estimate of drug-likeness (QED) is 0.740. The van der Waals surface area contributed by atoms with Gasteiger partial charge < -0.3 is 4.74 Å². The molecule has 4 heteroatoms. The number of Topliss-reactive ketones (excluding diaryl/α,β-unsaturated/α-hetero) is 1. The highest BCUT2D eigenvalue weighted by atomic mass is 16.5. The Bertz CT molecular complexity index is 483. The Labute approximate surface area is 100 Å². The molecule has 1 aromatic rings. The lowest BCUT2D eigenvalue weighted by molar-refractivity contribution is 0.0914. The molecular weight excluding hydrogens is 216 g/mol. The second-order valence-corrected chi connectivity index (χ2v) is 3.59. The Kier molecular flexibility index (Phi) is 4.25. The molecule has 1 atom stereocenters. The molecule has 17 heavy (non-hydrogen) atoms. The maximum atomic E-state index is 12.1. The van der Waals surface area contributed by atoms with Gasteiger partial charge in [0.25, 0.3) is 0 Å². The highest BCUT2D eigenvalue weighted by Crippen LogP contribution is 2.24. The van der Waals surface area contributed by atoms with Gasteiger partial charge in [0.1, 0.15) is 11.7 Å². The van der Waals surface area contributed by atoms with Gasteiger partial charge in [0.2, 0.25) is 0 Å². The number of ether oxygens (including phenoxy) is 1. The second-order valence-electron chi connectivity index (χ2n) is 3.59. The smallest absolute Gasteiger partial charge is 0.171 e. The number of nitriles is 2. The summed E-state index contributed by atoms with van der Waals surface area (Å²) in [4.78, 5) is 12.1. The van der Waals surface area contributed by atoms with Gasteiger partial charge in [-0.2, -0.15) is 10.5 Å². The molecule has 1 aromatic carbocycles. The molecule has 0 aromatic heterocycles. The van der Waals surface area contributed by atoms with Crippen molar-refractivity contribution in [1.29, 1.82) is 10.5 Å². The lowest BCUT2D eigenvalue weighted by atomic mass is 9.88. The number of carbonyl (C=O) groups excluding carboxylic acids is 1. The van der Waals surface area contributed by atoms with Gasteiger partial charge in [0.15, 0.2) is 5.78 Å². The van der Waals surface area contributed by atoms with E-state index in [0.717, 1.165) is 0 Å². The summed E-state index contributed by atoms with van der Waals surface area (Å²) in [6, 6.07) is 10.4. The van der Waals surface area contributed by atoms with Crippen LogP contribution in [0.4, 0.5) is 0 Å². The van der Waals surface area contributed by atoms with Gasteiger partial charge in [-0.05, 0) is 12.1 Å². The normalized spacial score (nSPS) is 11.4. The predicted molar refractivity (Wildman–Crippen MR) is 61.2 cm³/mol. The molecule has 1 rings (SSSR count). The average Bonchev–Trinajstić information content (AvgIpc) is 2.39. The molecule has 0 amide bonds. The molecule has 0 bridgehead atoms. The number of rotatable bonds is 4. The third-order valence-electron chi connectivity index (χ3n) is 2.56. The van der Waals surface area contributed by atoms with Crippen molar-refractivity contribution in [2.45, 2.75) is 6.92 Å². The minimum absolute atomic E-state index is 0.254. The van der Waals surface area contributed by atoms with Gasteiger partial charge in [0.05, 0.1) is 24.8 Å². The number of benzene rings is 1. The number of nitrogens with zero attached hydrogens (tertiary/aromatic N) is 2. The fourth-order valence-corrected chi connectivity index (χ4v) is 1.50. The first-order chi connectivity index (χ1) is 8.15. The first-order valence-corrected chi connectivity index (χ1v) is 5.12. The van der Waals surface area contributed by atoms with E-state index in [2.05, 4.69) is 0 Å². The van der Waals surface area contributed by atoms with Crippen LogP contribution in [0.2, 0.25) is 0 Å². The molecule has 0 fully saturated rings. The largest absolute Gasteiger partial charge is 0.496 e. The summed E-state index contributed by atoms with van der Waals surface area (Å²) in [6.07, 6.45) is 0. The van der Waals surface area contributed by atoms with E-state index >= 15 is 0 Å². The van der Waals surface area contributed by atoms with Crippen molar-refractivity contribution in [3.63, 3.8) is 0 Å². The average molecular weight is 228 g/mol. The number of para-hydroxylation sites is 1. The Morgan fingerprint density at radius 3 is 2.41 bits per heavy atom. The lowest BCUT2D eigenvalue weighted by Gasteiger charge is -2.12. The van der Waals surface area contributed by atoms with Crippen molar-refractivity contribution in [3.8, 4) is 17.9 Å². The highest BCUT2D eigenvalue weighted by Gasteiger charge is 2.26. The van der Waals surface area contributed by atoms with Crippen molar-refractivity contribution in [3.05, 3.63) is 29.8 Å². The molecule has 0 aliphatic rings. The van der Waals surface area contributed by atoms with Crippen molar-refractivity contribution in [1.82, 2.24) is 0 Å². The summed E-state index contributed by atoms with van der Waals surface area (Å²) < 4.78 is 5.08. The zero-order chi connectivity index (χ0) is 12.8. The summed E-state index contributed by atoms with van der Waals surface area (Å²) in [5.41, 5.74) is 0.401. The van der Waals surface area contributed by atoms with Crippen LogP contribution >= 0.6 is 0 Å². The van der Waals surface area contributed by atoms with Crippen LogP contribution in [0.3, 0.4) is 0 Å². The molecule has 0 radical (unpaired) electrons. The number of hydrogen-bond donors (Lipinski definition) is 0. The van der Waals surface area contributed by atoms with E-state index in [4.69, 9.17) is 15.3 Å². The van der Waals surface area contributed by atoms with Crippen LogP contribution in [0.1, 0.15) is 17.3 Å². The van der Waals surface area contributed by atoms with Crippen molar-refractivity contribution in [2.24, 2.45) is 11.8 Å². The lowest BCUT2D eigenvalue weighted by Crippen LogP contribution is -2.19. The third-order valence-corrected chi connectivity index (χ3v) is 2.56. The Hall–Kier alpha value is -2.33. The van der Waals surface area contributed by atoms with E-state index in [0.29, 0.717) is 11.3 Å². The summed E-state index contributed by atoms with van der Waals surface area (Å²) >= 11 is 0. The SMILES string of the molecule is COc1ccccc1C(=O)C(C)C(C#N)C#N. The van der Waals surface area contributed by atoms with Crippen LogP contribution in [0, 0.1) is 34.5 Å². The fourth-order valence-electron chi connectivity index (χ4n) is 1.50. The standard InChI is InChI=1S/C13H12N2O2/c1-9(10(7-14)8-15)13(16)11-5-3-4-6-12(11)17-2/h3-6,9-10H,1-2H3. The molecule has 0 saturated heterocycles. The van der Waals surface area contributed by atoms with Crippen molar-refractivity contribution < 1.29 is 9.53 Å². The maximum absolute atomic E-state index is 12.1. The Morgan fingerprint density at radius 2 is 1.88 bits per heavy atom. The van der Waals surface area contributed by atoms with E-state index in [1.807, 2.05) is 12.1 Å². The van der Waals surface area contributed by atoms with E-state index in [1.54, 1.807) is 31.2 Å². The van der Waals surface area contributed by atoms with Gasteiger partial charge >= 0.3 is 0 Å². The van der Waals surface area contributed by atoms with Gasteiger partial charge in [-0.1, -0.05) is 19.1 Å².